The molecule has 0 aliphatic carbocycles. The first-order valence-electron chi connectivity index (χ1n) is 5.96. The summed E-state index contributed by atoms with van der Waals surface area (Å²) in [6, 6.07) is 7.66. The van der Waals surface area contributed by atoms with Gasteiger partial charge in [-0.1, -0.05) is 18.2 Å². The van der Waals surface area contributed by atoms with Gasteiger partial charge in [0, 0.05) is 33.3 Å². The molecule has 18 heavy (non-hydrogen) atoms. The Morgan fingerprint density at radius 1 is 1.33 bits per heavy atom. The molecule has 1 heterocycles. The SMILES string of the molecule is CN(C)C(=O)C[C@]1(C)C(=O)N(C)c2ccccc21. The van der Waals surface area contributed by atoms with Crippen molar-refractivity contribution < 1.29 is 9.59 Å². The third-order valence-electron chi connectivity index (χ3n) is 3.64. The Balaban J connectivity index is 2.44. The minimum atomic E-state index is -0.743. The van der Waals surface area contributed by atoms with E-state index in [0.717, 1.165) is 11.3 Å². The van der Waals surface area contributed by atoms with Crippen LogP contribution in [-0.4, -0.2) is 37.9 Å². The van der Waals surface area contributed by atoms with Crippen molar-refractivity contribution in [1.29, 1.82) is 0 Å². The maximum absolute atomic E-state index is 12.4. The molecule has 1 aromatic carbocycles. The van der Waals surface area contributed by atoms with Crippen LogP contribution in [0.2, 0.25) is 0 Å². The summed E-state index contributed by atoms with van der Waals surface area (Å²) in [6.07, 6.45) is 0.209. The molecule has 0 radical (unpaired) electrons. The zero-order valence-corrected chi connectivity index (χ0v) is 11.2. The standard InChI is InChI=1S/C14H18N2O2/c1-14(9-12(17)15(2)3)10-7-5-6-8-11(10)16(4)13(14)18/h5-8H,9H2,1-4H3/t14-/m0/s1. The molecule has 1 atom stereocenters. The van der Waals surface area contributed by atoms with Gasteiger partial charge in [0.05, 0.1) is 5.41 Å². The van der Waals surface area contributed by atoms with Gasteiger partial charge in [0.15, 0.2) is 0 Å². The molecular formula is C14H18N2O2. The van der Waals surface area contributed by atoms with Crippen LogP contribution in [-0.2, 0) is 15.0 Å². The highest BCUT2D eigenvalue weighted by molar-refractivity contribution is 6.09. The van der Waals surface area contributed by atoms with E-state index >= 15 is 0 Å². The molecule has 0 bridgehead atoms. The van der Waals surface area contributed by atoms with Crippen molar-refractivity contribution in [3.05, 3.63) is 29.8 Å². The number of likely N-dealkylation sites (N-methyl/N-ethyl adjacent to an activating group) is 1. The minimum Gasteiger partial charge on any atom is -0.349 e. The number of amides is 2. The van der Waals surface area contributed by atoms with Gasteiger partial charge < -0.3 is 9.80 Å². The molecule has 0 N–H and O–H groups in total. The highest BCUT2D eigenvalue weighted by atomic mass is 16.2. The fourth-order valence-corrected chi connectivity index (χ4v) is 2.46. The molecular weight excluding hydrogens is 228 g/mol. The van der Waals surface area contributed by atoms with E-state index in [1.807, 2.05) is 31.2 Å². The number of hydrogen-bond acceptors (Lipinski definition) is 2. The zero-order chi connectivity index (χ0) is 13.5. The average molecular weight is 246 g/mol. The fraction of sp³-hybridized carbons (Fsp3) is 0.429. The molecule has 1 aliphatic heterocycles. The molecule has 96 valence electrons. The Morgan fingerprint density at radius 2 is 1.94 bits per heavy atom. The second-order valence-corrected chi connectivity index (χ2v) is 5.18. The van der Waals surface area contributed by atoms with Crippen LogP contribution in [0.3, 0.4) is 0 Å². The Morgan fingerprint density at radius 3 is 2.56 bits per heavy atom. The second kappa shape index (κ2) is 4.12. The molecule has 0 fully saturated rings. The van der Waals surface area contributed by atoms with Crippen LogP contribution in [0.4, 0.5) is 5.69 Å². The van der Waals surface area contributed by atoms with E-state index in [-0.39, 0.29) is 18.2 Å². The van der Waals surface area contributed by atoms with E-state index in [0.29, 0.717) is 0 Å². The van der Waals surface area contributed by atoms with Crippen LogP contribution in [0.1, 0.15) is 18.9 Å². The van der Waals surface area contributed by atoms with Gasteiger partial charge in [-0.25, -0.2) is 0 Å². The summed E-state index contributed by atoms with van der Waals surface area (Å²) < 4.78 is 0. The van der Waals surface area contributed by atoms with Gasteiger partial charge in [0.2, 0.25) is 11.8 Å². The van der Waals surface area contributed by atoms with Crippen LogP contribution in [0.25, 0.3) is 0 Å². The average Bonchev–Trinajstić information content (AvgIpc) is 2.53. The lowest BCUT2D eigenvalue weighted by Crippen LogP contribution is -2.40. The summed E-state index contributed by atoms with van der Waals surface area (Å²) in [5.41, 5.74) is 1.09. The molecule has 4 nitrogen and oxygen atoms in total. The Kier molecular flexibility index (Phi) is 2.89. The smallest absolute Gasteiger partial charge is 0.237 e. The molecule has 0 saturated heterocycles. The first-order chi connectivity index (χ1) is 8.38. The molecule has 4 heteroatoms. The van der Waals surface area contributed by atoms with Gasteiger partial charge in [0.1, 0.15) is 0 Å². The maximum Gasteiger partial charge on any atom is 0.237 e. The van der Waals surface area contributed by atoms with Gasteiger partial charge in [-0.3, -0.25) is 9.59 Å². The zero-order valence-electron chi connectivity index (χ0n) is 11.2. The number of nitrogens with zero attached hydrogens (tertiary/aromatic N) is 2. The number of anilines is 1. The maximum atomic E-state index is 12.4. The van der Waals surface area contributed by atoms with Crippen LogP contribution >= 0.6 is 0 Å². The number of para-hydroxylation sites is 1. The summed E-state index contributed by atoms with van der Waals surface area (Å²) in [5, 5.41) is 0. The lowest BCUT2D eigenvalue weighted by molar-refractivity contribution is -0.133. The Bertz CT molecular complexity index is 510. The normalized spacial score (nSPS) is 22.0. The van der Waals surface area contributed by atoms with Crippen molar-refractivity contribution in [2.45, 2.75) is 18.8 Å². The third kappa shape index (κ3) is 1.68. The minimum absolute atomic E-state index is 0.0149. The van der Waals surface area contributed by atoms with Crippen LogP contribution in [0.5, 0.6) is 0 Å². The summed E-state index contributed by atoms with van der Waals surface area (Å²) >= 11 is 0. The molecule has 0 aromatic heterocycles. The molecule has 0 unspecified atom stereocenters. The van der Waals surface area contributed by atoms with E-state index in [4.69, 9.17) is 0 Å². The van der Waals surface area contributed by atoms with E-state index in [1.54, 1.807) is 26.0 Å². The lowest BCUT2D eigenvalue weighted by Gasteiger charge is -2.24. The van der Waals surface area contributed by atoms with Gasteiger partial charge in [-0.15, -0.1) is 0 Å². The molecule has 2 rings (SSSR count). The van der Waals surface area contributed by atoms with E-state index in [2.05, 4.69) is 0 Å². The second-order valence-electron chi connectivity index (χ2n) is 5.18. The van der Waals surface area contributed by atoms with Crippen molar-refractivity contribution in [3.8, 4) is 0 Å². The van der Waals surface area contributed by atoms with Crippen molar-refractivity contribution in [2.24, 2.45) is 0 Å². The van der Waals surface area contributed by atoms with Crippen LogP contribution in [0.15, 0.2) is 24.3 Å². The molecule has 1 aliphatic rings. The van der Waals surface area contributed by atoms with Gasteiger partial charge in [-0.05, 0) is 18.6 Å². The largest absolute Gasteiger partial charge is 0.349 e. The molecule has 2 amide bonds. The highest BCUT2D eigenvalue weighted by Gasteiger charge is 2.47. The summed E-state index contributed by atoms with van der Waals surface area (Å²) in [4.78, 5) is 27.5. The number of hydrogen-bond donors (Lipinski definition) is 0. The third-order valence-corrected chi connectivity index (χ3v) is 3.64. The number of carbonyl (C=O) groups is 2. The first kappa shape index (κ1) is 12.6. The monoisotopic (exact) mass is 246 g/mol. The van der Waals surface area contributed by atoms with Gasteiger partial charge in [-0.2, -0.15) is 0 Å². The Hall–Kier alpha value is -1.84. The van der Waals surface area contributed by atoms with Crippen molar-refractivity contribution in [1.82, 2.24) is 4.90 Å². The van der Waals surface area contributed by atoms with Crippen molar-refractivity contribution >= 4 is 17.5 Å². The van der Waals surface area contributed by atoms with E-state index < -0.39 is 5.41 Å². The first-order valence-corrected chi connectivity index (χ1v) is 5.96. The highest BCUT2D eigenvalue weighted by Crippen LogP contribution is 2.43. The quantitative estimate of drug-likeness (QED) is 0.791. The lowest BCUT2D eigenvalue weighted by atomic mass is 9.80. The van der Waals surface area contributed by atoms with Crippen molar-refractivity contribution in [3.63, 3.8) is 0 Å². The Labute approximate surface area is 107 Å². The number of benzene rings is 1. The topological polar surface area (TPSA) is 40.6 Å². The number of fused-ring (bicyclic) bond motifs is 1. The number of rotatable bonds is 2. The predicted octanol–water partition coefficient (Wildman–Crippen LogP) is 1.40. The van der Waals surface area contributed by atoms with Crippen LogP contribution in [0, 0.1) is 0 Å². The van der Waals surface area contributed by atoms with E-state index in [9.17, 15) is 9.59 Å². The summed E-state index contributed by atoms with van der Waals surface area (Å²) in [5.74, 6) is -0.0464. The summed E-state index contributed by atoms with van der Waals surface area (Å²) in [6.45, 7) is 1.85. The molecule has 0 spiro atoms. The molecule has 0 saturated carbocycles. The van der Waals surface area contributed by atoms with Gasteiger partial charge in [0.25, 0.3) is 0 Å². The number of carbonyl (C=O) groups excluding carboxylic acids is 2. The van der Waals surface area contributed by atoms with Crippen LogP contribution < -0.4 is 4.90 Å². The van der Waals surface area contributed by atoms with Gasteiger partial charge >= 0.3 is 0 Å². The summed E-state index contributed by atoms with van der Waals surface area (Å²) in [7, 11) is 5.17. The molecule has 1 aromatic rings. The van der Waals surface area contributed by atoms with Crippen molar-refractivity contribution in [2.75, 3.05) is 26.0 Å². The fourth-order valence-electron chi connectivity index (χ4n) is 2.46. The predicted molar refractivity (Wildman–Crippen MR) is 70.5 cm³/mol. The van der Waals surface area contributed by atoms with E-state index in [1.165, 1.54) is 4.90 Å².